The molecule has 0 aromatic heterocycles. The first-order valence-corrected chi connectivity index (χ1v) is 7.16. The van der Waals surface area contributed by atoms with Crippen LogP contribution in [0.2, 0.25) is 0 Å². The van der Waals surface area contributed by atoms with Crippen molar-refractivity contribution in [3.8, 4) is 0 Å². The number of hydrogen-bond donors (Lipinski definition) is 1. The number of hydrogen-bond acceptors (Lipinski definition) is 3. The fourth-order valence-corrected chi connectivity index (χ4v) is 2.60. The van der Waals surface area contributed by atoms with Crippen molar-refractivity contribution in [3.05, 3.63) is 29.8 Å². The minimum atomic E-state index is -0.383. The van der Waals surface area contributed by atoms with Crippen LogP contribution >= 0.6 is 0 Å². The topological polar surface area (TPSA) is 26.7 Å². The SMILES string of the molecule is C[C@@H](O)c1ccc(N2CCN(C(C)(C)C)CC2)cc1. The van der Waals surface area contributed by atoms with Gasteiger partial charge in [-0.05, 0) is 45.4 Å². The summed E-state index contributed by atoms with van der Waals surface area (Å²) in [5.74, 6) is 0. The minimum Gasteiger partial charge on any atom is -0.389 e. The Morgan fingerprint density at radius 1 is 1.00 bits per heavy atom. The van der Waals surface area contributed by atoms with Crippen LogP contribution in [-0.2, 0) is 0 Å². The summed E-state index contributed by atoms with van der Waals surface area (Å²) in [6.07, 6.45) is -0.383. The molecule has 3 heteroatoms. The maximum Gasteiger partial charge on any atom is 0.0761 e. The highest BCUT2D eigenvalue weighted by molar-refractivity contribution is 5.48. The highest BCUT2D eigenvalue weighted by Gasteiger charge is 2.25. The molecular weight excluding hydrogens is 236 g/mol. The van der Waals surface area contributed by atoms with Gasteiger partial charge in [-0.2, -0.15) is 0 Å². The molecule has 0 saturated carbocycles. The Morgan fingerprint density at radius 3 is 1.95 bits per heavy atom. The second kappa shape index (κ2) is 5.51. The molecule has 1 fully saturated rings. The molecular formula is C16H26N2O. The normalized spacial score (nSPS) is 19.5. The monoisotopic (exact) mass is 262 g/mol. The molecule has 1 atom stereocenters. The van der Waals surface area contributed by atoms with E-state index in [0.717, 1.165) is 31.7 Å². The van der Waals surface area contributed by atoms with Crippen molar-refractivity contribution in [2.24, 2.45) is 0 Å². The summed E-state index contributed by atoms with van der Waals surface area (Å²) in [5.41, 5.74) is 2.51. The summed E-state index contributed by atoms with van der Waals surface area (Å²) >= 11 is 0. The van der Waals surface area contributed by atoms with Crippen LogP contribution in [0.4, 0.5) is 5.69 Å². The van der Waals surface area contributed by atoms with Gasteiger partial charge in [0.1, 0.15) is 0 Å². The minimum absolute atomic E-state index is 0.266. The van der Waals surface area contributed by atoms with Gasteiger partial charge < -0.3 is 10.0 Å². The van der Waals surface area contributed by atoms with E-state index in [9.17, 15) is 5.11 Å². The third-order valence-electron chi connectivity index (χ3n) is 3.97. The van der Waals surface area contributed by atoms with Crippen molar-refractivity contribution in [1.82, 2.24) is 4.90 Å². The van der Waals surface area contributed by atoms with Gasteiger partial charge >= 0.3 is 0 Å². The maximum atomic E-state index is 9.53. The molecule has 1 N–H and O–H groups in total. The Hall–Kier alpha value is -1.06. The lowest BCUT2D eigenvalue weighted by Crippen LogP contribution is -2.53. The van der Waals surface area contributed by atoms with Crippen molar-refractivity contribution in [1.29, 1.82) is 0 Å². The van der Waals surface area contributed by atoms with Gasteiger partial charge in [0.2, 0.25) is 0 Å². The van der Waals surface area contributed by atoms with Gasteiger partial charge in [0, 0.05) is 37.4 Å². The van der Waals surface area contributed by atoms with Gasteiger partial charge in [0.25, 0.3) is 0 Å². The Labute approximate surface area is 116 Å². The van der Waals surface area contributed by atoms with Gasteiger partial charge in [0.05, 0.1) is 6.10 Å². The quantitative estimate of drug-likeness (QED) is 0.887. The lowest BCUT2D eigenvalue weighted by atomic mass is 10.0. The zero-order chi connectivity index (χ0) is 14.0. The first-order chi connectivity index (χ1) is 8.88. The predicted molar refractivity (Wildman–Crippen MR) is 80.6 cm³/mol. The summed E-state index contributed by atoms with van der Waals surface area (Å²) < 4.78 is 0. The molecule has 0 amide bonds. The second-order valence-corrected chi connectivity index (χ2v) is 6.41. The van der Waals surface area contributed by atoms with E-state index in [4.69, 9.17) is 0 Å². The van der Waals surface area contributed by atoms with Crippen molar-refractivity contribution in [3.63, 3.8) is 0 Å². The number of nitrogens with zero attached hydrogens (tertiary/aromatic N) is 2. The molecule has 1 aliphatic rings. The molecule has 0 unspecified atom stereocenters. The van der Waals surface area contributed by atoms with Crippen LogP contribution in [0.3, 0.4) is 0 Å². The summed E-state index contributed by atoms with van der Waals surface area (Å²) in [4.78, 5) is 4.96. The van der Waals surface area contributed by atoms with Gasteiger partial charge in [-0.1, -0.05) is 12.1 Å². The first kappa shape index (κ1) is 14.4. The number of rotatable bonds is 2. The molecule has 1 saturated heterocycles. The van der Waals surface area contributed by atoms with Crippen molar-refractivity contribution >= 4 is 5.69 Å². The maximum absolute atomic E-state index is 9.53. The van der Waals surface area contributed by atoms with Crippen molar-refractivity contribution in [2.75, 3.05) is 31.1 Å². The van der Waals surface area contributed by atoms with Crippen LogP contribution in [0.15, 0.2) is 24.3 Å². The van der Waals surface area contributed by atoms with E-state index < -0.39 is 0 Å². The largest absolute Gasteiger partial charge is 0.389 e. The molecule has 0 radical (unpaired) electrons. The van der Waals surface area contributed by atoms with Crippen LogP contribution in [0.5, 0.6) is 0 Å². The van der Waals surface area contributed by atoms with Crippen LogP contribution in [0.1, 0.15) is 39.4 Å². The van der Waals surface area contributed by atoms with Crippen molar-refractivity contribution in [2.45, 2.75) is 39.3 Å². The van der Waals surface area contributed by atoms with Gasteiger partial charge in [-0.3, -0.25) is 4.90 Å². The van der Waals surface area contributed by atoms with E-state index >= 15 is 0 Å². The second-order valence-electron chi connectivity index (χ2n) is 6.41. The Bertz CT molecular complexity index is 398. The van der Waals surface area contributed by atoms with Crippen LogP contribution in [-0.4, -0.2) is 41.7 Å². The van der Waals surface area contributed by atoms with E-state index in [-0.39, 0.29) is 11.6 Å². The standard InChI is InChI=1S/C16H26N2O/c1-13(19)14-5-7-15(8-6-14)17-9-11-18(12-10-17)16(2,3)4/h5-8,13,19H,9-12H2,1-4H3/t13-/m1/s1. The molecule has 0 spiro atoms. The predicted octanol–water partition coefficient (Wildman–Crippen LogP) is 2.66. The van der Waals surface area contributed by atoms with Crippen LogP contribution < -0.4 is 4.90 Å². The van der Waals surface area contributed by atoms with E-state index in [1.807, 2.05) is 12.1 Å². The number of anilines is 1. The fraction of sp³-hybridized carbons (Fsp3) is 0.625. The molecule has 1 aromatic carbocycles. The Balaban J connectivity index is 1.98. The molecule has 0 bridgehead atoms. The molecule has 19 heavy (non-hydrogen) atoms. The van der Waals surface area contributed by atoms with Gasteiger partial charge in [-0.15, -0.1) is 0 Å². The van der Waals surface area contributed by atoms with Crippen LogP contribution in [0.25, 0.3) is 0 Å². The van der Waals surface area contributed by atoms with Crippen molar-refractivity contribution < 1.29 is 5.11 Å². The number of aliphatic hydroxyl groups is 1. The average molecular weight is 262 g/mol. The highest BCUT2D eigenvalue weighted by Crippen LogP contribution is 2.22. The number of aliphatic hydroxyl groups excluding tert-OH is 1. The van der Waals surface area contributed by atoms with Crippen LogP contribution in [0, 0.1) is 0 Å². The lowest BCUT2D eigenvalue weighted by Gasteiger charge is -2.43. The smallest absolute Gasteiger partial charge is 0.0761 e. The van der Waals surface area contributed by atoms with Gasteiger partial charge in [-0.25, -0.2) is 0 Å². The van der Waals surface area contributed by atoms with E-state index in [1.165, 1.54) is 5.69 Å². The van der Waals surface area contributed by atoms with Gasteiger partial charge in [0.15, 0.2) is 0 Å². The summed E-state index contributed by atoms with van der Waals surface area (Å²) in [5, 5.41) is 9.53. The third kappa shape index (κ3) is 3.48. The number of benzene rings is 1. The van der Waals surface area contributed by atoms with E-state index in [0.29, 0.717) is 0 Å². The fourth-order valence-electron chi connectivity index (χ4n) is 2.60. The average Bonchev–Trinajstić information content (AvgIpc) is 2.38. The Morgan fingerprint density at radius 2 is 1.53 bits per heavy atom. The van der Waals surface area contributed by atoms with E-state index in [1.54, 1.807) is 6.92 Å². The molecule has 1 aliphatic heterocycles. The zero-order valence-corrected chi connectivity index (χ0v) is 12.6. The lowest BCUT2D eigenvalue weighted by molar-refractivity contribution is 0.128. The molecule has 0 aliphatic carbocycles. The molecule has 3 nitrogen and oxygen atoms in total. The molecule has 2 rings (SSSR count). The highest BCUT2D eigenvalue weighted by atomic mass is 16.3. The molecule has 106 valence electrons. The molecule has 1 aromatic rings. The Kier molecular flexibility index (Phi) is 4.16. The van der Waals surface area contributed by atoms with E-state index in [2.05, 4.69) is 42.7 Å². The zero-order valence-electron chi connectivity index (χ0n) is 12.6. The molecule has 1 heterocycles. The first-order valence-electron chi connectivity index (χ1n) is 7.16. The summed E-state index contributed by atoms with van der Waals surface area (Å²) in [6.45, 7) is 13.0. The third-order valence-corrected chi connectivity index (χ3v) is 3.97. The summed E-state index contributed by atoms with van der Waals surface area (Å²) in [7, 11) is 0. The summed E-state index contributed by atoms with van der Waals surface area (Å²) in [6, 6.07) is 8.29. The number of piperazine rings is 1.